The smallest absolute Gasteiger partial charge is 0.165 e. The Labute approximate surface area is 348 Å². The molecule has 1 aromatic heterocycles. The van der Waals surface area contributed by atoms with E-state index in [1.54, 1.807) is 0 Å². The minimum Gasteiger partial charge on any atom is -0.310 e. The molecule has 2 aliphatic rings. The van der Waals surface area contributed by atoms with Crippen molar-refractivity contribution in [2.75, 3.05) is 4.90 Å². The second-order valence-electron chi connectivity index (χ2n) is 15.5. The average Bonchev–Trinajstić information content (AvgIpc) is 3.63. The van der Waals surface area contributed by atoms with E-state index in [0.717, 1.165) is 44.3 Å². The summed E-state index contributed by atoms with van der Waals surface area (Å²) in [5.41, 5.74) is 15.5. The van der Waals surface area contributed by atoms with Crippen molar-refractivity contribution in [3.05, 3.63) is 241 Å². The Kier molecular flexibility index (Phi) is 7.72. The first-order valence-electron chi connectivity index (χ1n) is 20.5. The van der Waals surface area contributed by atoms with Gasteiger partial charge < -0.3 is 4.90 Å². The van der Waals surface area contributed by atoms with E-state index >= 15 is 0 Å². The Hall–Kier alpha value is -7.95. The van der Waals surface area contributed by atoms with E-state index in [1.165, 1.54) is 44.8 Å². The zero-order valence-electron chi connectivity index (χ0n) is 32.6. The number of aromatic nitrogens is 3. The summed E-state index contributed by atoms with van der Waals surface area (Å²) in [7, 11) is 0. The van der Waals surface area contributed by atoms with Crippen molar-refractivity contribution in [3.8, 4) is 56.4 Å². The molecule has 2 heterocycles. The summed E-state index contributed by atoms with van der Waals surface area (Å²) >= 11 is 0. The maximum absolute atomic E-state index is 5.33. The highest BCUT2D eigenvalue weighted by Gasteiger charge is 2.52. The molecule has 1 spiro atoms. The standard InChI is InChI=1S/C56H36N4/c1-4-20-38(21-5-1)53-57-54(39-22-6-2-7-23-39)59-55(58-53)52-41-26-11-10-19-37(41)35-36-43(52)42-28-18-32-48-51(42)44-27-12-13-29-45(44)56(48)46-30-14-16-33-49(46)60(40-24-8-3-9-25-40)50-34-17-15-31-47(50)56/h1-36H. The molecule has 0 bridgehead atoms. The van der Waals surface area contributed by atoms with Crippen LogP contribution >= 0.6 is 0 Å². The van der Waals surface area contributed by atoms with Crippen molar-refractivity contribution in [3.63, 3.8) is 0 Å². The van der Waals surface area contributed by atoms with E-state index in [-0.39, 0.29) is 0 Å². The van der Waals surface area contributed by atoms with Gasteiger partial charge in [-0.3, -0.25) is 0 Å². The molecule has 280 valence electrons. The fraction of sp³-hybridized carbons (Fsp3) is 0.0179. The Morgan fingerprint density at radius 2 is 0.800 bits per heavy atom. The fourth-order valence-corrected chi connectivity index (χ4v) is 9.89. The first-order chi connectivity index (χ1) is 29.8. The Balaban J connectivity index is 1.17. The molecule has 0 amide bonds. The number of nitrogens with zero attached hydrogens (tertiary/aromatic N) is 4. The van der Waals surface area contributed by atoms with Crippen LogP contribution < -0.4 is 4.90 Å². The number of fused-ring (bicyclic) bond motifs is 10. The van der Waals surface area contributed by atoms with Crippen LogP contribution in [0.5, 0.6) is 0 Å². The molecule has 0 N–H and O–H groups in total. The van der Waals surface area contributed by atoms with Crippen LogP contribution in [0.2, 0.25) is 0 Å². The number of benzene rings is 9. The molecule has 1 aliphatic heterocycles. The van der Waals surface area contributed by atoms with Crippen LogP contribution in [0.1, 0.15) is 22.3 Å². The minimum atomic E-state index is -0.578. The maximum Gasteiger partial charge on any atom is 0.165 e. The lowest BCUT2D eigenvalue weighted by atomic mass is 9.64. The third kappa shape index (κ3) is 5.01. The number of hydrogen-bond acceptors (Lipinski definition) is 4. The SMILES string of the molecule is c1ccc(-c2nc(-c3ccccc3)nc(-c3c(-c4cccc5c4-c4ccccc4C54c5ccccc5N(c5ccccc5)c5ccccc54)ccc4ccccc34)n2)cc1. The van der Waals surface area contributed by atoms with Gasteiger partial charge in [0.2, 0.25) is 0 Å². The van der Waals surface area contributed by atoms with E-state index in [0.29, 0.717) is 17.5 Å². The van der Waals surface area contributed by atoms with Gasteiger partial charge in [-0.15, -0.1) is 0 Å². The van der Waals surface area contributed by atoms with Crippen molar-refractivity contribution in [1.29, 1.82) is 0 Å². The van der Waals surface area contributed by atoms with Gasteiger partial charge in [-0.1, -0.05) is 194 Å². The zero-order valence-corrected chi connectivity index (χ0v) is 32.6. The molecular weight excluding hydrogens is 729 g/mol. The number of anilines is 3. The third-order valence-corrected chi connectivity index (χ3v) is 12.3. The second kappa shape index (κ2) is 13.6. The summed E-state index contributed by atoms with van der Waals surface area (Å²) in [5, 5.41) is 2.21. The highest BCUT2D eigenvalue weighted by Crippen LogP contribution is 2.64. The monoisotopic (exact) mass is 764 g/mol. The molecule has 4 heteroatoms. The summed E-state index contributed by atoms with van der Waals surface area (Å²) in [6.07, 6.45) is 0. The summed E-state index contributed by atoms with van der Waals surface area (Å²) in [6, 6.07) is 78.1. The van der Waals surface area contributed by atoms with E-state index in [9.17, 15) is 0 Å². The quantitative estimate of drug-likeness (QED) is 0.175. The lowest BCUT2D eigenvalue weighted by Gasteiger charge is -2.45. The molecule has 0 atom stereocenters. The van der Waals surface area contributed by atoms with Crippen molar-refractivity contribution >= 4 is 27.8 Å². The number of hydrogen-bond donors (Lipinski definition) is 0. The molecule has 9 aromatic carbocycles. The molecular formula is C56H36N4. The summed E-state index contributed by atoms with van der Waals surface area (Å²) in [5.74, 6) is 1.92. The van der Waals surface area contributed by atoms with Gasteiger partial charge in [0.15, 0.2) is 17.5 Å². The minimum absolute atomic E-state index is 0.578. The van der Waals surface area contributed by atoms with Crippen molar-refractivity contribution in [2.45, 2.75) is 5.41 Å². The van der Waals surface area contributed by atoms with Gasteiger partial charge >= 0.3 is 0 Å². The van der Waals surface area contributed by atoms with E-state index in [2.05, 4.69) is 187 Å². The third-order valence-electron chi connectivity index (χ3n) is 12.3. The molecule has 10 aromatic rings. The van der Waals surface area contributed by atoms with Crippen LogP contribution in [0, 0.1) is 0 Å². The van der Waals surface area contributed by atoms with Crippen LogP contribution in [-0.2, 0) is 5.41 Å². The van der Waals surface area contributed by atoms with Gasteiger partial charge in [-0.2, -0.15) is 0 Å². The zero-order chi connectivity index (χ0) is 39.6. The molecule has 0 radical (unpaired) electrons. The molecule has 12 rings (SSSR count). The number of para-hydroxylation sites is 3. The molecule has 0 saturated heterocycles. The van der Waals surface area contributed by atoms with Crippen molar-refractivity contribution in [2.24, 2.45) is 0 Å². The van der Waals surface area contributed by atoms with Crippen LogP contribution in [0.15, 0.2) is 218 Å². The van der Waals surface area contributed by atoms with E-state index in [1.807, 2.05) is 36.4 Å². The summed E-state index contributed by atoms with van der Waals surface area (Å²) in [4.78, 5) is 18.2. The van der Waals surface area contributed by atoms with Gasteiger partial charge in [0.25, 0.3) is 0 Å². The predicted molar refractivity (Wildman–Crippen MR) is 245 cm³/mol. The molecule has 1 aliphatic carbocycles. The van der Waals surface area contributed by atoms with Crippen LogP contribution in [0.4, 0.5) is 17.1 Å². The maximum atomic E-state index is 5.33. The number of rotatable bonds is 5. The average molecular weight is 765 g/mol. The largest absolute Gasteiger partial charge is 0.310 e. The predicted octanol–water partition coefficient (Wildman–Crippen LogP) is 13.8. The van der Waals surface area contributed by atoms with Crippen molar-refractivity contribution < 1.29 is 0 Å². The van der Waals surface area contributed by atoms with Gasteiger partial charge in [-0.25, -0.2) is 15.0 Å². The summed E-state index contributed by atoms with van der Waals surface area (Å²) in [6.45, 7) is 0. The van der Waals surface area contributed by atoms with E-state index < -0.39 is 5.41 Å². The first kappa shape index (κ1) is 34.1. The first-order valence-corrected chi connectivity index (χ1v) is 20.5. The Morgan fingerprint density at radius 1 is 0.317 bits per heavy atom. The Bertz CT molecular complexity index is 3160. The lowest BCUT2D eigenvalue weighted by Crippen LogP contribution is -2.36. The lowest BCUT2D eigenvalue weighted by molar-refractivity contribution is 0.753. The van der Waals surface area contributed by atoms with E-state index in [4.69, 9.17) is 15.0 Å². The summed E-state index contributed by atoms with van der Waals surface area (Å²) < 4.78 is 0. The molecule has 0 fully saturated rings. The molecule has 0 saturated carbocycles. The highest BCUT2D eigenvalue weighted by atomic mass is 15.2. The molecule has 4 nitrogen and oxygen atoms in total. The van der Waals surface area contributed by atoms with Crippen LogP contribution in [0.3, 0.4) is 0 Å². The van der Waals surface area contributed by atoms with Gasteiger partial charge in [0, 0.05) is 22.4 Å². The van der Waals surface area contributed by atoms with Crippen LogP contribution in [0.25, 0.3) is 67.2 Å². The highest BCUT2D eigenvalue weighted by molar-refractivity contribution is 6.07. The van der Waals surface area contributed by atoms with Gasteiger partial charge in [0.1, 0.15) is 0 Å². The second-order valence-corrected chi connectivity index (χ2v) is 15.5. The fourth-order valence-electron chi connectivity index (χ4n) is 9.89. The van der Waals surface area contributed by atoms with Crippen molar-refractivity contribution in [1.82, 2.24) is 15.0 Å². The topological polar surface area (TPSA) is 41.9 Å². The van der Waals surface area contributed by atoms with Gasteiger partial charge in [-0.05, 0) is 79.5 Å². The van der Waals surface area contributed by atoms with Gasteiger partial charge in [0.05, 0.1) is 16.8 Å². The van der Waals surface area contributed by atoms with Crippen LogP contribution in [-0.4, -0.2) is 15.0 Å². The normalized spacial score (nSPS) is 13.1. The Morgan fingerprint density at radius 3 is 1.47 bits per heavy atom. The molecule has 0 unspecified atom stereocenters. The molecule has 60 heavy (non-hydrogen) atoms.